The molecule has 2 aromatic carbocycles. The van der Waals surface area contributed by atoms with Gasteiger partial charge in [0.15, 0.2) is 11.5 Å². The number of anilines is 1. The molecule has 0 saturated carbocycles. The number of methoxy groups -OCH3 is 2. The van der Waals surface area contributed by atoms with Crippen LogP contribution in [0.2, 0.25) is 0 Å². The van der Waals surface area contributed by atoms with Crippen LogP contribution in [0, 0.1) is 6.92 Å². The molecule has 2 heterocycles. The number of para-hydroxylation sites is 1. The Labute approximate surface area is 202 Å². The van der Waals surface area contributed by atoms with Crippen molar-refractivity contribution in [1.29, 1.82) is 0 Å². The molecule has 0 atom stereocenters. The summed E-state index contributed by atoms with van der Waals surface area (Å²) in [4.78, 5) is 23.5. The van der Waals surface area contributed by atoms with Gasteiger partial charge in [0.1, 0.15) is 17.0 Å². The number of nitrogens with one attached hydrogen (secondary N) is 2. The molecule has 174 valence electrons. The Morgan fingerprint density at radius 3 is 2.53 bits per heavy atom. The first-order valence-corrected chi connectivity index (χ1v) is 12.0. The number of aromatic nitrogens is 2. The summed E-state index contributed by atoms with van der Waals surface area (Å²) in [5, 5.41) is 7.49. The Morgan fingerprint density at radius 1 is 1.06 bits per heavy atom. The van der Waals surface area contributed by atoms with Gasteiger partial charge < -0.3 is 20.1 Å². The van der Waals surface area contributed by atoms with Crippen molar-refractivity contribution in [3.05, 3.63) is 75.9 Å². The van der Waals surface area contributed by atoms with E-state index in [0.29, 0.717) is 28.7 Å². The van der Waals surface area contributed by atoms with Crippen LogP contribution < -0.4 is 20.1 Å². The van der Waals surface area contributed by atoms with Crippen molar-refractivity contribution >= 4 is 33.3 Å². The molecule has 0 unspecified atom stereocenters. The first-order valence-electron chi connectivity index (χ1n) is 11.1. The maximum atomic E-state index is 13.2. The first kappa shape index (κ1) is 22.2. The summed E-state index contributed by atoms with van der Waals surface area (Å²) in [5.41, 5.74) is 4.45. The lowest BCUT2D eigenvalue weighted by molar-refractivity contribution is 0.0942. The molecule has 7 nitrogen and oxygen atoms in total. The quantitative estimate of drug-likeness (QED) is 0.410. The number of thiophene rings is 1. The van der Waals surface area contributed by atoms with Crippen molar-refractivity contribution < 1.29 is 14.3 Å². The van der Waals surface area contributed by atoms with Crippen molar-refractivity contribution in [1.82, 2.24) is 15.3 Å². The number of rotatable bonds is 7. The van der Waals surface area contributed by atoms with Crippen LogP contribution in [0.1, 0.15) is 31.9 Å². The van der Waals surface area contributed by atoms with Gasteiger partial charge in [-0.1, -0.05) is 36.4 Å². The fraction of sp³-hybridized carbons (Fsp3) is 0.269. The van der Waals surface area contributed by atoms with Crippen molar-refractivity contribution in [3.63, 3.8) is 0 Å². The number of nitrogens with zero attached hydrogens (tertiary/aromatic N) is 2. The highest BCUT2D eigenvalue weighted by Crippen LogP contribution is 2.35. The Balaban J connectivity index is 1.37. The summed E-state index contributed by atoms with van der Waals surface area (Å²) in [5.74, 6) is 1.99. The van der Waals surface area contributed by atoms with Gasteiger partial charge in [-0.3, -0.25) is 4.79 Å². The van der Waals surface area contributed by atoms with Gasteiger partial charge in [0.2, 0.25) is 0 Å². The highest BCUT2D eigenvalue weighted by Gasteiger charge is 2.25. The van der Waals surface area contributed by atoms with E-state index in [2.05, 4.69) is 32.7 Å². The SMILES string of the molecule is COc1cccc(CNc2ncnc3sc(C(=O)NC4Cc5ccccc5C4)c(C)c23)c1OC. The molecular weight excluding hydrogens is 448 g/mol. The van der Waals surface area contributed by atoms with E-state index in [0.717, 1.165) is 34.2 Å². The number of fused-ring (bicyclic) bond motifs is 2. The number of hydrogen-bond acceptors (Lipinski definition) is 7. The fourth-order valence-corrected chi connectivity index (χ4v) is 5.66. The molecule has 0 spiro atoms. The summed E-state index contributed by atoms with van der Waals surface area (Å²) in [6.07, 6.45) is 3.25. The molecule has 1 aliphatic rings. The van der Waals surface area contributed by atoms with Gasteiger partial charge in [0.05, 0.1) is 24.5 Å². The van der Waals surface area contributed by atoms with Crippen molar-refractivity contribution in [2.75, 3.05) is 19.5 Å². The lowest BCUT2D eigenvalue weighted by Crippen LogP contribution is -2.35. The van der Waals surface area contributed by atoms with E-state index in [-0.39, 0.29) is 11.9 Å². The third-order valence-corrected chi connectivity index (χ3v) is 7.45. The lowest BCUT2D eigenvalue weighted by Gasteiger charge is -2.14. The first-order chi connectivity index (χ1) is 16.6. The molecular formula is C26H26N4O3S. The summed E-state index contributed by atoms with van der Waals surface area (Å²) in [6.45, 7) is 2.45. The minimum atomic E-state index is -0.0567. The molecule has 1 aliphatic carbocycles. The van der Waals surface area contributed by atoms with Crippen LogP contribution in [0.25, 0.3) is 10.2 Å². The number of benzene rings is 2. The number of carbonyl (C=O) groups is 1. The van der Waals surface area contributed by atoms with Gasteiger partial charge in [-0.15, -0.1) is 11.3 Å². The van der Waals surface area contributed by atoms with Crippen LogP contribution in [0.5, 0.6) is 11.5 Å². The third-order valence-electron chi connectivity index (χ3n) is 6.25. The van der Waals surface area contributed by atoms with Gasteiger partial charge in [-0.05, 0) is 42.5 Å². The molecule has 0 aliphatic heterocycles. The molecule has 0 radical (unpaired) electrons. The number of hydrogen-bond donors (Lipinski definition) is 2. The minimum absolute atomic E-state index is 0.0567. The maximum absolute atomic E-state index is 13.2. The molecule has 1 amide bonds. The molecule has 0 fully saturated rings. The van der Waals surface area contributed by atoms with Crippen molar-refractivity contribution in [2.24, 2.45) is 0 Å². The van der Waals surface area contributed by atoms with Crippen LogP contribution in [0.4, 0.5) is 5.82 Å². The van der Waals surface area contributed by atoms with Gasteiger partial charge in [-0.25, -0.2) is 9.97 Å². The van der Waals surface area contributed by atoms with E-state index >= 15 is 0 Å². The molecule has 5 rings (SSSR count). The van der Waals surface area contributed by atoms with Crippen LogP contribution in [-0.2, 0) is 19.4 Å². The van der Waals surface area contributed by atoms with E-state index in [9.17, 15) is 4.79 Å². The Hall–Kier alpha value is -3.65. The zero-order valence-electron chi connectivity index (χ0n) is 19.3. The molecule has 34 heavy (non-hydrogen) atoms. The van der Waals surface area contributed by atoms with Crippen molar-refractivity contribution in [2.45, 2.75) is 32.4 Å². The topological polar surface area (TPSA) is 85.4 Å². The zero-order chi connectivity index (χ0) is 23.7. The standard InChI is InChI=1S/C26H26N4O3S/c1-15-21-24(27-13-18-9-6-10-20(32-2)22(18)33-3)28-14-29-26(21)34-23(15)25(31)30-19-11-16-7-4-5-8-17(16)12-19/h4-10,14,19H,11-13H2,1-3H3,(H,30,31)(H,27,28,29). The predicted octanol–water partition coefficient (Wildman–Crippen LogP) is 4.53. The Morgan fingerprint density at radius 2 is 1.82 bits per heavy atom. The highest BCUT2D eigenvalue weighted by atomic mass is 32.1. The van der Waals surface area contributed by atoms with Gasteiger partial charge in [0.25, 0.3) is 5.91 Å². The molecule has 0 bridgehead atoms. The average Bonchev–Trinajstić information content (AvgIpc) is 3.42. The van der Waals surface area contributed by atoms with Gasteiger partial charge in [-0.2, -0.15) is 0 Å². The van der Waals surface area contributed by atoms with E-state index in [4.69, 9.17) is 9.47 Å². The summed E-state index contributed by atoms with van der Waals surface area (Å²) >= 11 is 1.40. The molecule has 8 heteroatoms. The van der Waals surface area contributed by atoms with Crippen molar-refractivity contribution in [3.8, 4) is 11.5 Å². The second kappa shape index (κ2) is 9.30. The van der Waals surface area contributed by atoms with Crippen LogP contribution in [0.3, 0.4) is 0 Å². The largest absolute Gasteiger partial charge is 0.493 e. The molecule has 2 N–H and O–H groups in total. The zero-order valence-corrected chi connectivity index (χ0v) is 20.2. The number of carbonyl (C=O) groups excluding carboxylic acids is 1. The highest BCUT2D eigenvalue weighted by molar-refractivity contribution is 7.20. The van der Waals surface area contributed by atoms with Gasteiger partial charge in [0, 0.05) is 18.2 Å². The lowest BCUT2D eigenvalue weighted by atomic mass is 10.1. The minimum Gasteiger partial charge on any atom is -0.493 e. The number of amides is 1. The predicted molar refractivity (Wildman–Crippen MR) is 134 cm³/mol. The third kappa shape index (κ3) is 4.05. The van der Waals surface area contributed by atoms with E-state index < -0.39 is 0 Å². The fourth-order valence-electron chi connectivity index (χ4n) is 4.61. The summed E-state index contributed by atoms with van der Waals surface area (Å²) in [7, 11) is 3.25. The van der Waals surface area contributed by atoms with E-state index in [1.54, 1.807) is 14.2 Å². The smallest absolute Gasteiger partial charge is 0.261 e. The Bertz CT molecular complexity index is 1340. The van der Waals surface area contributed by atoms with E-state index in [1.165, 1.54) is 28.8 Å². The van der Waals surface area contributed by atoms with E-state index in [1.807, 2.05) is 37.3 Å². The molecule has 0 saturated heterocycles. The summed E-state index contributed by atoms with van der Waals surface area (Å²) < 4.78 is 10.9. The van der Waals surface area contributed by atoms with Gasteiger partial charge >= 0.3 is 0 Å². The average molecular weight is 475 g/mol. The maximum Gasteiger partial charge on any atom is 0.261 e. The number of ether oxygens (including phenoxy) is 2. The van der Waals surface area contributed by atoms with Crippen LogP contribution in [0.15, 0.2) is 48.8 Å². The number of aryl methyl sites for hydroxylation is 1. The summed E-state index contributed by atoms with van der Waals surface area (Å²) in [6, 6.07) is 14.2. The normalized spacial score (nSPS) is 13.0. The Kier molecular flexibility index (Phi) is 6.06. The molecule has 2 aromatic heterocycles. The van der Waals surface area contributed by atoms with Crippen LogP contribution >= 0.6 is 11.3 Å². The monoisotopic (exact) mass is 474 g/mol. The second-order valence-electron chi connectivity index (χ2n) is 8.31. The van der Waals surface area contributed by atoms with Crippen LogP contribution in [-0.4, -0.2) is 36.1 Å². The molecule has 4 aromatic rings. The second-order valence-corrected chi connectivity index (χ2v) is 9.31.